The van der Waals surface area contributed by atoms with Crippen molar-refractivity contribution in [3.05, 3.63) is 53.8 Å². The van der Waals surface area contributed by atoms with Crippen LogP contribution in [0.2, 0.25) is 0 Å². The molecule has 2 rings (SSSR count). The molecule has 0 bridgehead atoms. The fraction of sp³-hybridized carbons (Fsp3) is 0.500. The Balaban J connectivity index is 2.65. The molecular weight excluding hydrogens is 452 g/mol. The lowest BCUT2D eigenvalue weighted by Crippen LogP contribution is -2.55. The van der Waals surface area contributed by atoms with Crippen molar-refractivity contribution < 1.29 is 9.59 Å². The van der Waals surface area contributed by atoms with E-state index >= 15 is 0 Å². The predicted octanol–water partition coefficient (Wildman–Crippen LogP) is 3.47. The van der Waals surface area contributed by atoms with Crippen LogP contribution in [0.4, 0.5) is 5.69 Å². The van der Waals surface area contributed by atoms with Crippen LogP contribution in [-0.2, 0) is 15.0 Å². The number of likely N-dealkylation sites (N-methyl/N-ethyl adjacent to an activating group) is 1. The van der Waals surface area contributed by atoms with E-state index < -0.39 is 12.1 Å². The number of amides is 2. The summed E-state index contributed by atoms with van der Waals surface area (Å²) in [6, 6.07) is 6.11. The number of nitrogens with one attached hydrogen (secondary N) is 1. The maximum Gasteiger partial charge on any atom is 0.251 e. The number of hydrogen-bond donors (Lipinski definition) is 1. The van der Waals surface area contributed by atoms with Gasteiger partial charge in [0.25, 0.3) is 5.91 Å². The second-order valence-corrected chi connectivity index (χ2v) is 10.3. The van der Waals surface area contributed by atoms with Crippen molar-refractivity contribution in [1.29, 1.82) is 5.26 Å². The summed E-state index contributed by atoms with van der Waals surface area (Å²) in [5, 5.41) is 12.6. The smallest absolute Gasteiger partial charge is 0.251 e. The number of nitriles is 1. The van der Waals surface area contributed by atoms with Crippen LogP contribution < -0.4 is 10.2 Å². The molecule has 8 nitrogen and oxygen atoms in total. The number of carbonyl (C=O) groups is 2. The van der Waals surface area contributed by atoms with Gasteiger partial charge in [-0.3, -0.25) is 24.4 Å². The summed E-state index contributed by atoms with van der Waals surface area (Å²) in [4.78, 5) is 36.7. The number of likely N-dealkylation sites (tertiary alicyclic amines) is 1. The average molecular weight is 493 g/mol. The highest BCUT2D eigenvalue weighted by atomic mass is 16.2. The number of anilines is 1. The SMILES string of the molecule is C=N/C=C(\C=C/C)C(C(=O)NCCN(C)C)N(C(=O)C1CCCN1C#N)c1ccc(C(C)(C)C)cc1. The Bertz CT molecular complexity index is 1010. The van der Waals surface area contributed by atoms with E-state index in [-0.39, 0.29) is 17.2 Å². The standard InChI is InChI=1S/C28H40N6O2/c1-8-10-21(19-30-5)25(26(35)31-16-18-32(6)7)34(27(36)24-11-9-17-33(24)20-29)23-14-12-22(13-15-23)28(2,3)4/h8,10,12-15,19,24-25H,5,9,11,16-18H2,1-4,6-7H3,(H,31,35)/b10-8-,21-19+. The molecule has 1 aliphatic heterocycles. The molecule has 1 saturated heterocycles. The number of aliphatic imine (C=N–C) groups is 1. The lowest BCUT2D eigenvalue weighted by molar-refractivity contribution is -0.127. The maximum absolute atomic E-state index is 14.1. The van der Waals surface area contributed by atoms with Crippen LogP contribution in [0.3, 0.4) is 0 Å². The van der Waals surface area contributed by atoms with Crippen molar-refractivity contribution in [2.45, 2.75) is 58.0 Å². The molecule has 194 valence electrons. The molecule has 8 heteroatoms. The van der Waals surface area contributed by atoms with E-state index in [4.69, 9.17) is 0 Å². The largest absolute Gasteiger partial charge is 0.353 e. The van der Waals surface area contributed by atoms with Gasteiger partial charge in [0, 0.05) is 37.1 Å². The van der Waals surface area contributed by atoms with Crippen LogP contribution in [0.5, 0.6) is 0 Å². The van der Waals surface area contributed by atoms with Crippen LogP contribution in [0, 0.1) is 11.5 Å². The second-order valence-electron chi connectivity index (χ2n) is 10.3. The summed E-state index contributed by atoms with van der Waals surface area (Å²) in [5.74, 6) is -0.607. The van der Waals surface area contributed by atoms with Gasteiger partial charge in [0.1, 0.15) is 12.1 Å². The minimum absolute atomic E-state index is 0.0673. The van der Waals surface area contributed by atoms with E-state index in [0.717, 1.165) is 12.0 Å². The Labute approximate surface area is 216 Å². The predicted molar refractivity (Wildman–Crippen MR) is 146 cm³/mol. The molecule has 2 atom stereocenters. The van der Waals surface area contributed by atoms with Crippen molar-refractivity contribution >= 4 is 24.2 Å². The fourth-order valence-electron chi connectivity index (χ4n) is 4.25. The monoisotopic (exact) mass is 492 g/mol. The zero-order chi connectivity index (χ0) is 26.9. The van der Waals surface area contributed by atoms with Gasteiger partial charge in [0.2, 0.25) is 5.91 Å². The molecule has 1 N–H and O–H groups in total. The van der Waals surface area contributed by atoms with Crippen LogP contribution >= 0.6 is 0 Å². The Morgan fingerprint density at radius 3 is 2.50 bits per heavy atom. The van der Waals surface area contributed by atoms with Crippen molar-refractivity contribution in [1.82, 2.24) is 15.1 Å². The molecule has 0 aromatic heterocycles. The van der Waals surface area contributed by atoms with Crippen molar-refractivity contribution in [2.75, 3.05) is 38.6 Å². The van der Waals surface area contributed by atoms with Crippen LogP contribution in [0.15, 0.2) is 53.2 Å². The highest BCUT2D eigenvalue weighted by molar-refractivity contribution is 6.05. The van der Waals surface area contributed by atoms with Gasteiger partial charge >= 0.3 is 0 Å². The Kier molecular flexibility index (Phi) is 10.4. The third-order valence-corrected chi connectivity index (χ3v) is 6.20. The van der Waals surface area contributed by atoms with Gasteiger partial charge in [-0.15, -0.1) is 0 Å². The maximum atomic E-state index is 14.1. The molecule has 2 amide bonds. The molecule has 0 saturated carbocycles. The van der Waals surface area contributed by atoms with Crippen LogP contribution in [0.25, 0.3) is 0 Å². The van der Waals surface area contributed by atoms with E-state index in [1.54, 1.807) is 12.2 Å². The van der Waals surface area contributed by atoms with Gasteiger partial charge in [-0.2, -0.15) is 5.26 Å². The fourth-order valence-corrected chi connectivity index (χ4v) is 4.25. The van der Waals surface area contributed by atoms with Gasteiger partial charge in [-0.1, -0.05) is 45.1 Å². The molecule has 36 heavy (non-hydrogen) atoms. The van der Waals surface area contributed by atoms with Crippen LogP contribution in [-0.4, -0.2) is 74.1 Å². The average Bonchev–Trinajstić information content (AvgIpc) is 3.30. The molecule has 2 unspecified atom stereocenters. The summed E-state index contributed by atoms with van der Waals surface area (Å²) in [5.41, 5.74) is 2.17. The van der Waals surface area contributed by atoms with E-state index in [9.17, 15) is 14.9 Å². The molecule has 0 radical (unpaired) electrons. The molecule has 1 aliphatic rings. The molecule has 1 fully saturated rings. The molecule has 1 aromatic carbocycles. The first-order valence-electron chi connectivity index (χ1n) is 12.4. The summed E-state index contributed by atoms with van der Waals surface area (Å²) >= 11 is 0. The number of hydrogen-bond acceptors (Lipinski definition) is 6. The normalized spacial score (nSPS) is 17.2. The second kappa shape index (κ2) is 13.0. The Morgan fingerprint density at radius 2 is 1.97 bits per heavy atom. The van der Waals surface area contributed by atoms with E-state index in [0.29, 0.717) is 37.3 Å². The lowest BCUT2D eigenvalue weighted by atomic mass is 9.87. The molecule has 1 heterocycles. The number of carbonyl (C=O) groups excluding carboxylic acids is 2. The molecule has 1 aromatic rings. The van der Waals surface area contributed by atoms with Gasteiger partial charge in [-0.25, -0.2) is 0 Å². The first-order valence-corrected chi connectivity index (χ1v) is 12.4. The van der Waals surface area contributed by atoms with E-state index in [1.807, 2.05) is 50.2 Å². The summed E-state index contributed by atoms with van der Waals surface area (Å²) < 4.78 is 0. The first-order chi connectivity index (χ1) is 17.0. The highest BCUT2D eigenvalue weighted by Gasteiger charge is 2.40. The molecule has 0 aliphatic carbocycles. The molecule has 0 spiro atoms. The van der Waals surface area contributed by atoms with Gasteiger partial charge in [0.15, 0.2) is 6.19 Å². The minimum Gasteiger partial charge on any atom is -0.353 e. The minimum atomic E-state index is -0.983. The zero-order valence-electron chi connectivity index (χ0n) is 22.5. The molecular formula is C28H40N6O2. The van der Waals surface area contributed by atoms with Crippen molar-refractivity contribution in [2.24, 2.45) is 4.99 Å². The summed E-state index contributed by atoms with van der Waals surface area (Å²) in [6.45, 7) is 13.4. The summed E-state index contributed by atoms with van der Waals surface area (Å²) in [7, 11) is 3.86. The Hall–Kier alpha value is -3.44. The van der Waals surface area contributed by atoms with Gasteiger partial charge in [-0.05, 0) is 63.7 Å². The summed E-state index contributed by atoms with van der Waals surface area (Å²) in [6.07, 6.45) is 8.53. The third-order valence-electron chi connectivity index (χ3n) is 6.20. The van der Waals surface area contributed by atoms with Gasteiger partial charge < -0.3 is 10.2 Å². The van der Waals surface area contributed by atoms with Gasteiger partial charge in [0.05, 0.1) is 0 Å². The third kappa shape index (κ3) is 7.28. The first kappa shape index (κ1) is 28.8. The van der Waals surface area contributed by atoms with E-state index in [2.05, 4.69) is 44.0 Å². The number of allylic oxidation sites excluding steroid dienone is 1. The quantitative estimate of drug-likeness (QED) is 0.307. The van der Waals surface area contributed by atoms with E-state index in [1.165, 1.54) is 16.0 Å². The van der Waals surface area contributed by atoms with Crippen molar-refractivity contribution in [3.8, 4) is 6.19 Å². The number of benzene rings is 1. The number of nitrogens with zero attached hydrogens (tertiary/aromatic N) is 5. The number of rotatable bonds is 10. The highest BCUT2D eigenvalue weighted by Crippen LogP contribution is 2.30. The topological polar surface area (TPSA) is 92.0 Å². The Morgan fingerprint density at radius 1 is 1.31 bits per heavy atom. The van der Waals surface area contributed by atoms with Crippen LogP contribution in [0.1, 0.15) is 46.1 Å². The lowest BCUT2D eigenvalue weighted by Gasteiger charge is -2.35. The zero-order valence-corrected chi connectivity index (χ0v) is 22.5. The van der Waals surface area contributed by atoms with Crippen molar-refractivity contribution in [3.63, 3.8) is 0 Å².